The van der Waals surface area contributed by atoms with Crippen molar-refractivity contribution in [2.24, 2.45) is 23.7 Å². The van der Waals surface area contributed by atoms with Crippen LogP contribution < -0.4 is 0 Å². The zero-order valence-electron chi connectivity index (χ0n) is 9.83. The van der Waals surface area contributed by atoms with Crippen molar-refractivity contribution < 1.29 is 0 Å². The van der Waals surface area contributed by atoms with Gasteiger partial charge >= 0.3 is 0 Å². The lowest BCUT2D eigenvalue weighted by Crippen LogP contribution is -2.30. The van der Waals surface area contributed by atoms with Gasteiger partial charge in [-0.25, -0.2) is 0 Å². The summed E-state index contributed by atoms with van der Waals surface area (Å²) in [5, 5.41) is 1.05. The Morgan fingerprint density at radius 1 is 1.00 bits per heavy atom. The molecule has 0 spiro atoms. The van der Waals surface area contributed by atoms with Crippen molar-refractivity contribution in [3.8, 4) is 0 Å². The summed E-state index contributed by atoms with van der Waals surface area (Å²) in [4.78, 5) is 0. The molecule has 0 aromatic rings. The third-order valence-corrected chi connectivity index (χ3v) is 5.58. The molecular weight excluding hydrogens is 188 g/mol. The zero-order chi connectivity index (χ0) is 10.1. The molecule has 2 saturated carbocycles. The van der Waals surface area contributed by atoms with E-state index in [1.54, 1.807) is 0 Å². The summed E-state index contributed by atoms with van der Waals surface area (Å²) in [5.74, 6) is 5.37. The second-order valence-corrected chi connectivity index (χ2v) is 7.06. The molecule has 0 N–H and O–H groups in total. The highest BCUT2D eigenvalue weighted by molar-refractivity contribution is 8.00. The van der Waals surface area contributed by atoms with Gasteiger partial charge < -0.3 is 0 Å². The molecule has 2 atom stereocenters. The molecule has 0 amide bonds. The van der Waals surface area contributed by atoms with Crippen LogP contribution in [0.2, 0.25) is 0 Å². The first kappa shape index (κ1) is 10.9. The third-order valence-electron chi connectivity index (χ3n) is 4.06. The van der Waals surface area contributed by atoms with Crippen LogP contribution in [0.3, 0.4) is 0 Å². The van der Waals surface area contributed by atoms with Crippen molar-refractivity contribution in [2.45, 2.75) is 51.7 Å². The van der Waals surface area contributed by atoms with Gasteiger partial charge in [0, 0.05) is 5.25 Å². The van der Waals surface area contributed by atoms with Gasteiger partial charge in [-0.1, -0.05) is 20.8 Å². The fourth-order valence-corrected chi connectivity index (χ4v) is 4.71. The van der Waals surface area contributed by atoms with E-state index in [1.165, 1.54) is 31.4 Å². The van der Waals surface area contributed by atoms with Gasteiger partial charge in [0.15, 0.2) is 0 Å². The van der Waals surface area contributed by atoms with Crippen LogP contribution in [-0.4, -0.2) is 11.0 Å². The topological polar surface area (TPSA) is 0 Å². The first-order chi connectivity index (χ1) is 6.66. The normalized spacial score (nSPS) is 43.9. The van der Waals surface area contributed by atoms with Crippen molar-refractivity contribution in [1.82, 2.24) is 0 Å². The minimum absolute atomic E-state index is 0.972. The third kappa shape index (κ3) is 2.68. The molecule has 0 aromatic carbocycles. The maximum absolute atomic E-state index is 2.48. The molecule has 0 radical (unpaired) electrons. The fourth-order valence-electron chi connectivity index (χ4n) is 3.09. The second kappa shape index (κ2) is 4.47. The first-order valence-electron chi connectivity index (χ1n) is 6.28. The predicted octanol–water partition coefficient (Wildman–Crippen LogP) is 4.20. The second-order valence-electron chi connectivity index (χ2n) is 5.73. The summed E-state index contributed by atoms with van der Waals surface area (Å²) in [7, 11) is 0. The Morgan fingerprint density at radius 3 is 2.07 bits per heavy atom. The monoisotopic (exact) mass is 212 g/mol. The van der Waals surface area contributed by atoms with Crippen molar-refractivity contribution in [2.75, 3.05) is 5.75 Å². The van der Waals surface area contributed by atoms with Crippen molar-refractivity contribution in [3.05, 3.63) is 0 Å². The molecule has 0 aromatic heterocycles. The number of rotatable bonds is 3. The minimum atomic E-state index is 0.972. The molecule has 0 heterocycles. The van der Waals surface area contributed by atoms with E-state index >= 15 is 0 Å². The van der Waals surface area contributed by atoms with E-state index < -0.39 is 0 Å². The maximum Gasteiger partial charge on any atom is 0.00479 e. The van der Waals surface area contributed by atoms with Gasteiger partial charge in [0.25, 0.3) is 0 Å². The smallest absolute Gasteiger partial charge is 0.00479 e. The number of thioether (sulfide) groups is 1. The molecule has 2 rings (SSSR count). The Hall–Kier alpha value is 0.350. The number of hydrogen-bond donors (Lipinski definition) is 0. The largest absolute Gasteiger partial charge is 0.158 e. The van der Waals surface area contributed by atoms with Crippen LogP contribution in [0.25, 0.3) is 0 Å². The molecule has 14 heavy (non-hydrogen) atoms. The van der Waals surface area contributed by atoms with Crippen molar-refractivity contribution in [1.29, 1.82) is 0 Å². The minimum Gasteiger partial charge on any atom is -0.158 e. The molecule has 0 bridgehead atoms. The van der Waals surface area contributed by atoms with Crippen molar-refractivity contribution in [3.63, 3.8) is 0 Å². The fraction of sp³-hybridized carbons (Fsp3) is 1.00. The molecule has 0 saturated heterocycles. The van der Waals surface area contributed by atoms with E-state index in [1.807, 2.05) is 0 Å². The molecule has 82 valence electrons. The summed E-state index contributed by atoms with van der Waals surface area (Å²) in [6.07, 6.45) is 5.94. The average molecular weight is 212 g/mol. The van der Waals surface area contributed by atoms with E-state index in [2.05, 4.69) is 32.5 Å². The van der Waals surface area contributed by atoms with Gasteiger partial charge in [-0.2, -0.15) is 11.8 Å². The standard InChI is InChI=1S/C13H24S/c1-9-6-10(2)13(11(3)7-9)8-14-12-4-5-12/h9-13H,4-8H2,1-3H3. The lowest BCUT2D eigenvalue weighted by Gasteiger charge is -2.38. The molecule has 2 unspecified atom stereocenters. The predicted molar refractivity (Wildman–Crippen MR) is 65.7 cm³/mol. The number of hydrogen-bond acceptors (Lipinski definition) is 1. The van der Waals surface area contributed by atoms with E-state index in [9.17, 15) is 0 Å². The lowest BCUT2D eigenvalue weighted by atomic mass is 9.70. The quantitative estimate of drug-likeness (QED) is 0.675. The van der Waals surface area contributed by atoms with Gasteiger partial charge in [-0.05, 0) is 55.1 Å². The molecule has 1 heteroatoms. The summed E-state index contributed by atoms with van der Waals surface area (Å²) < 4.78 is 0. The van der Waals surface area contributed by atoms with E-state index in [0.29, 0.717) is 0 Å². The Balaban J connectivity index is 1.81. The highest BCUT2D eigenvalue weighted by atomic mass is 32.2. The maximum atomic E-state index is 2.48. The zero-order valence-corrected chi connectivity index (χ0v) is 10.6. The van der Waals surface area contributed by atoms with Crippen LogP contribution >= 0.6 is 11.8 Å². The van der Waals surface area contributed by atoms with Gasteiger partial charge in [-0.15, -0.1) is 0 Å². The summed E-state index contributed by atoms with van der Waals surface area (Å²) in [6.45, 7) is 7.38. The lowest BCUT2D eigenvalue weighted by molar-refractivity contribution is 0.154. The molecule has 2 aliphatic rings. The van der Waals surface area contributed by atoms with Crippen LogP contribution in [0.15, 0.2) is 0 Å². The molecule has 2 aliphatic carbocycles. The Morgan fingerprint density at radius 2 is 1.57 bits per heavy atom. The van der Waals surface area contributed by atoms with Gasteiger partial charge in [-0.3, -0.25) is 0 Å². The molecular formula is C13H24S. The molecule has 0 nitrogen and oxygen atoms in total. The average Bonchev–Trinajstić information content (AvgIpc) is 2.85. The van der Waals surface area contributed by atoms with Crippen LogP contribution in [0.5, 0.6) is 0 Å². The van der Waals surface area contributed by atoms with Gasteiger partial charge in [0.2, 0.25) is 0 Å². The summed E-state index contributed by atoms with van der Waals surface area (Å²) in [6, 6.07) is 0. The Bertz CT molecular complexity index is 174. The Labute approximate surface area is 93.2 Å². The van der Waals surface area contributed by atoms with E-state index in [0.717, 1.165) is 28.9 Å². The Kier molecular flexibility index (Phi) is 3.46. The van der Waals surface area contributed by atoms with E-state index in [4.69, 9.17) is 0 Å². The molecule has 2 fully saturated rings. The van der Waals surface area contributed by atoms with Crippen LogP contribution in [-0.2, 0) is 0 Å². The van der Waals surface area contributed by atoms with Crippen LogP contribution in [0.1, 0.15) is 46.5 Å². The first-order valence-corrected chi connectivity index (χ1v) is 7.33. The van der Waals surface area contributed by atoms with E-state index in [-0.39, 0.29) is 0 Å². The summed E-state index contributed by atoms with van der Waals surface area (Å²) >= 11 is 2.26. The van der Waals surface area contributed by atoms with Crippen LogP contribution in [0.4, 0.5) is 0 Å². The summed E-state index contributed by atoms with van der Waals surface area (Å²) in [5.41, 5.74) is 0. The van der Waals surface area contributed by atoms with Gasteiger partial charge in [0.05, 0.1) is 0 Å². The molecule has 0 aliphatic heterocycles. The highest BCUT2D eigenvalue weighted by Gasteiger charge is 2.32. The van der Waals surface area contributed by atoms with Gasteiger partial charge in [0.1, 0.15) is 0 Å². The van der Waals surface area contributed by atoms with Crippen LogP contribution in [0, 0.1) is 23.7 Å². The highest BCUT2D eigenvalue weighted by Crippen LogP contribution is 2.42. The van der Waals surface area contributed by atoms with Crippen molar-refractivity contribution >= 4 is 11.8 Å². The SMILES string of the molecule is CC1CC(C)C(CSC2CC2)C(C)C1.